The molecular formula is C28H26BrNO7. The number of hydrogen-bond donors (Lipinski definition) is 0. The third kappa shape index (κ3) is 3.88. The number of benzene rings is 3. The Bertz CT molecular complexity index is 1390. The van der Waals surface area contributed by atoms with Crippen molar-refractivity contribution >= 4 is 21.9 Å². The number of carbonyl (C=O) groups excluding carboxylic acids is 1. The monoisotopic (exact) mass is 567 g/mol. The van der Waals surface area contributed by atoms with Crippen molar-refractivity contribution in [1.29, 1.82) is 0 Å². The van der Waals surface area contributed by atoms with Crippen LogP contribution in [0, 0.1) is 0 Å². The second kappa shape index (κ2) is 9.46. The van der Waals surface area contributed by atoms with Gasteiger partial charge < -0.3 is 28.4 Å². The molecule has 6 rings (SSSR count). The summed E-state index contributed by atoms with van der Waals surface area (Å²) in [5.41, 5.74) is 4.30. The Hall–Kier alpha value is -3.43. The molecule has 0 aliphatic carbocycles. The molecule has 0 saturated heterocycles. The number of halogens is 1. The lowest BCUT2D eigenvalue weighted by molar-refractivity contribution is 0.000524. The summed E-state index contributed by atoms with van der Waals surface area (Å²) < 4.78 is 35.6. The number of hydrogen-bond acceptors (Lipinski definition) is 8. The first kappa shape index (κ1) is 23.9. The lowest BCUT2D eigenvalue weighted by Crippen LogP contribution is -2.38. The van der Waals surface area contributed by atoms with E-state index in [0.717, 1.165) is 39.7 Å². The molecule has 3 aliphatic rings. The molecule has 0 radical (unpaired) electrons. The van der Waals surface area contributed by atoms with E-state index in [9.17, 15) is 4.79 Å². The summed E-state index contributed by atoms with van der Waals surface area (Å²) in [7, 11) is 4.70. The predicted octanol–water partition coefficient (Wildman–Crippen LogP) is 5.21. The summed E-state index contributed by atoms with van der Waals surface area (Å²) in [6.45, 7) is 1.54. The fraction of sp³-hybridized carbons (Fsp3) is 0.321. The fourth-order valence-corrected chi connectivity index (χ4v) is 6.10. The lowest BCUT2D eigenvalue weighted by Gasteiger charge is -2.40. The highest BCUT2D eigenvalue weighted by molar-refractivity contribution is 9.10. The zero-order chi connectivity index (χ0) is 25.7. The van der Waals surface area contributed by atoms with Gasteiger partial charge in [0, 0.05) is 28.7 Å². The quantitative estimate of drug-likeness (QED) is 0.375. The van der Waals surface area contributed by atoms with E-state index < -0.39 is 12.1 Å². The summed E-state index contributed by atoms with van der Waals surface area (Å²) in [5.74, 6) is 2.27. The van der Waals surface area contributed by atoms with E-state index in [4.69, 9.17) is 28.4 Å². The second-order valence-corrected chi connectivity index (χ2v) is 10.0. The van der Waals surface area contributed by atoms with Crippen LogP contribution in [0.3, 0.4) is 0 Å². The highest BCUT2D eigenvalue weighted by Gasteiger charge is 2.47. The zero-order valence-electron chi connectivity index (χ0n) is 20.7. The number of fused-ring (bicyclic) bond motifs is 3. The van der Waals surface area contributed by atoms with Crippen molar-refractivity contribution in [2.45, 2.75) is 25.1 Å². The number of nitrogens with zero attached hydrogens (tertiary/aromatic N) is 1. The molecule has 192 valence electrons. The average molecular weight is 568 g/mol. The van der Waals surface area contributed by atoms with Crippen LogP contribution in [0.1, 0.15) is 44.8 Å². The first-order valence-corrected chi connectivity index (χ1v) is 12.8. The predicted molar refractivity (Wildman–Crippen MR) is 138 cm³/mol. The summed E-state index contributed by atoms with van der Waals surface area (Å²) in [6.07, 6.45) is 0.189. The van der Waals surface area contributed by atoms with E-state index in [2.05, 4.69) is 33.0 Å². The Morgan fingerprint density at radius 2 is 1.86 bits per heavy atom. The minimum atomic E-state index is -0.595. The molecule has 3 heterocycles. The lowest BCUT2D eigenvalue weighted by atomic mass is 9.84. The normalized spacial score (nSPS) is 19.7. The van der Waals surface area contributed by atoms with Crippen LogP contribution in [-0.2, 0) is 17.7 Å². The Kier molecular flexibility index (Phi) is 6.12. The smallest absolute Gasteiger partial charge is 0.343 e. The molecule has 0 fully saturated rings. The first-order chi connectivity index (χ1) is 18.0. The van der Waals surface area contributed by atoms with Gasteiger partial charge in [-0.05, 0) is 41.8 Å². The Labute approximate surface area is 223 Å². The second-order valence-electron chi connectivity index (χ2n) is 9.10. The molecule has 37 heavy (non-hydrogen) atoms. The molecule has 9 heteroatoms. The van der Waals surface area contributed by atoms with Gasteiger partial charge in [-0.15, -0.1) is 0 Å². The van der Waals surface area contributed by atoms with Crippen molar-refractivity contribution in [1.82, 2.24) is 4.90 Å². The third-order valence-corrected chi connectivity index (χ3v) is 7.68. The maximum atomic E-state index is 13.3. The van der Waals surface area contributed by atoms with Crippen LogP contribution in [0.25, 0.3) is 0 Å². The first-order valence-electron chi connectivity index (χ1n) is 12.0. The maximum Gasteiger partial charge on any atom is 0.343 e. The molecule has 0 aromatic heterocycles. The minimum absolute atomic E-state index is 0.138. The van der Waals surface area contributed by atoms with Gasteiger partial charge >= 0.3 is 5.97 Å². The molecule has 3 aromatic carbocycles. The van der Waals surface area contributed by atoms with Gasteiger partial charge in [-0.2, -0.15) is 0 Å². The summed E-state index contributed by atoms with van der Waals surface area (Å²) in [6, 6.07) is 13.6. The van der Waals surface area contributed by atoms with Gasteiger partial charge in [0.1, 0.15) is 11.7 Å². The highest BCUT2D eigenvalue weighted by Crippen LogP contribution is 2.55. The maximum absolute atomic E-state index is 13.3. The zero-order valence-corrected chi connectivity index (χ0v) is 22.3. The van der Waals surface area contributed by atoms with Gasteiger partial charge in [-0.1, -0.05) is 34.1 Å². The molecule has 0 N–H and O–H groups in total. The largest absolute Gasteiger partial charge is 0.493 e. The summed E-state index contributed by atoms with van der Waals surface area (Å²) >= 11 is 3.59. The Morgan fingerprint density at radius 1 is 1.03 bits per heavy atom. The van der Waals surface area contributed by atoms with Crippen molar-refractivity contribution in [3.8, 4) is 28.7 Å². The number of rotatable bonds is 6. The number of ether oxygens (including phenoxy) is 6. The molecule has 0 bridgehead atoms. The Balaban J connectivity index is 1.53. The van der Waals surface area contributed by atoms with Crippen LogP contribution < -0.4 is 23.7 Å². The molecule has 0 saturated carbocycles. The van der Waals surface area contributed by atoms with Crippen molar-refractivity contribution in [2.24, 2.45) is 0 Å². The molecule has 2 atom stereocenters. The van der Waals surface area contributed by atoms with Crippen molar-refractivity contribution in [2.75, 3.05) is 34.7 Å². The van der Waals surface area contributed by atoms with Crippen LogP contribution in [0.2, 0.25) is 0 Å². The fourth-order valence-electron chi connectivity index (χ4n) is 5.65. The summed E-state index contributed by atoms with van der Waals surface area (Å²) in [5, 5.41) is 0. The van der Waals surface area contributed by atoms with Crippen molar-refractivity contribution in [3.05, 3.63) is 74.8 Å². The summed E-state index contributed by atoms with van der Waals surface area (Å²) in [4.78, 5) is 15.6. The van der Waals surface area contributed by atoms with Crippen LogP contribution in [-0.4, -0.2) is 45.5 Å². The van der Waals surface area contributed by atoms with Crippen molar-refractivity contribution < 1.29 is 33.2 Å². The van der Waals surface area contributed by atoms with E-state index in [-0.39, 0.29) is 12.8 Å². The molecule has 0 spiro atoms. The SMILES string of the molecule is COc1ccc2c(c1OC)C(=O)O[C@@H]2[C@H]1c2c(cc3c(c2OC)OCO3)CCN1Cc1cccc(Br)c1. The van der Waals surface area contributed by atoms with Gasteiger partial charge in [0.2, 0.25) is 12.5 Å². The molecule has 3 aliphatic heterocycles. The van der Waals surface area contributed by atoms with E-state index in [1.807, 2.05) is 30.3 Å². The van der Waals surface area contributed by atoms with E-state index in [0.29, 0.717) is 40.9 Å². The molecule has 3 aromatic rings. The molecule has 0 amide bonds. The van der Waals surface area contributed by atoms with Gasteiger partial charge in [0.15, 0.2) is 23.0 Å². The topological polar surface area (TPSA) is 75.7 Å². The van der Waals surface area contributed by atoms with Crippen LogP contribution >= 0.6 is 15.9 Å². The van der Waals surface area contributed by atoms with Crippen LogP contribution in [0.15, 0.2) is 46.9 Å². The van der Waals surface area contributed by atoms with Gasteiger partial charge in [-0.25, -0.2) is 4.79 Å². The molecule has 8 nitrogen and oxygen atoms in total. The number of methoxy groups -OCH3 is 3. The van der Waals surface area contributed by atoms with Crippen LogP contribution in [0.4, 0.5) is 0 Å². The van der Waals surface area contributed by atoms with Gasteiger partial charge in [0.25, 0.3) is 0 Å². The highest BCUT2D eigenvalue weighted by atomic mass is 79.9. The third-order valence-electron chi connectivity index (χ3n) is 7.19. The van der Waals surface area contributed by atoms with Gasteiger partial charge in [-0.3, -0.25) is 4.90 Å². The standard InChI is InChI=1S/C28H26BrNO7/c1-32-19-8-7-18-22(25(19)33-2)28(31)37-24(18)23-21-16(12-20-26(27(21)34-3)36-14-35-20)9-10-30(23)13-15-5-4-6-17(29)11-15/h4-8,11-12,23-24H,9-10,13-14H2,1-3H3/t23-,24+/m1/s1. The van der Waals surface area contributed by atoms with E-state index in [1.54, 1.807) is 14.2 Å². The van der Waals surface area contributed by atoms with E-state index in [1.165, 1.54) is 7.11 Å². The molecular weight excluding hydrogens is 542 g/mol. The number of carbonyl (C=O) groups is 1. The number of cyclic esters (lactones) is 1. The Morgan fingerprint density at radius 3 is 2.62 bits per heavy atom. The minimum Gasteiger partial charge on any atom is -0.493 e. The van der Waals surface area contributed by atoms with Gasteiger partial charge in [0.05, 0.1) is 27.4 Å². The average Bonchev–Trinajstić information content (AvgIpc) is 3.51. The number of esters is 1. The van der Waals surface area contributed by atoms with Crippen LogP contribution in [0.5, 0.6) is 28.7 Å². The van der Waals surface area contributed by atoms with Crippen molar-refractivity contribution in [3.63, 3.8) is 0 Å². The molecule has 0 unspecified atom stereocenters. The van der Waals surface area contributed by atoms with E-state index >= 15 is 0 Å².